The number of likely N-dealkylation sites (N-methyl/N-ethyl adjacent to an activating group) is 1. The Morgan fingerprint density at radius 3 is 2.68 bits per heavy atom. The quantitative estimate of drug-likeness (QED) is 0.664. The van der Waals surface area contributed by atoms with Crippen LogP contribution in [0.2, 0.25) is 0 Å². The van der Waals surface area contributed by atoms with Crippen LogP contribution in [0.3, 0.4) is 0 Å². The van der Waals surface area contributed by atoms with Gasteiger partial charge in [0.2, 0.25) is 0 Å². The number of para-hydroxylation sites is 2. The van der Waals surface area contributed by atoms with Crippen molar-refractivity contribution in [2.24, 2.45) is 0 Å². The summed E-state index contributed by atoms with van der Waals surface area (Å²) in [5, 5.41) is 0. The Labute approximate surface area is 146 Å². The highest BCUT2D eigenvalue weighted by atomic mass is 16.5. The van der Waals surface area contributed by atoms with E-state index in [4.69, 9.17) is 9.47 Å². The first-order chi connectivity index (χ1) is 12.2. The predicted octanol–water partition coefficient (Wildman–Crippen LogP) is 2.77. The summed E-state index contributed by atoms with van der Waals surface area (Å²) in [5.41, 5.74) is 1.83. The molecule has 0 aliphatic heterocycles. The average Bonchev–Trinajstić information content (AvgIpc) is 3.07. The van der Waals surface area contributed by atoms with E-state index in [9.17, 15) is 4.79 Å². The van der Waals surface area contributed by atoms with Crippen molar-refractivity contribution in [2.75, 3.05) is 20.3 Å². The lowest BCUT2D eigenvalue weighted by atomic mass is 10.3. The fraction of sp³-hybridized carbons (Fsp3) is 0.263. The Hall–Kier alpha value is -3.02. The van der Waals surface area contributed by atoms with Crippen LogP contribution < -0.4 is 9.47 Å². The number of fused-ring (bicyclic) bond motifs is 1. The first kappa shape index (κ1) is 16.8. The number of ether oxygens (including phenoxy) is 2. The Kier molecular flexibility index (Phi) is 5.18. The Morgan fingerprint density at radius 2 is 1.92 bits per heavy atom. The van der Waals surface area contributed by atoms with Gasteiger partial charge < -0.3 is 18.8 Å². The van der Waals surface area contributed by atoms with E-state index >= 15 is 0 Å². The Morgan fingerprint density at radius 1 is 1.16 bits per heavy atom. The zero-order chi connectivity index (χ0) is 17.6. The summed E-state index contributed by atoms with van der Waals surface area (Å²) in [6.45, 7) is 2.99. The lowest BCUT2D eigenvalue weighted by Gasteiger charge is -2.21. The van der Waals surface area contributed by atoms with Gasteiger partial charge in [0.15, 0.2) is 18.1 Å². The molecule has 0 radical (unpaired) electrons. The summed E-state index contributed by atoms with van der Waals surface area (Å²) >= 11 is 0. The molecule has 2 aromatic heterocycles. The highest BCUT2D eigenvalue weighted by Crippen LogP contribution is 2.25. The number of carbonyl (C=O) groups excluding carboxylic acids is 1. The Bertz CT molecular complexity index is 860. The minimum atomic E-state index is -0.0840. The molecule has 3 aromatic rings. The average molecular weight is 339 g/mol. The molecule has 3 rings (SSSR count). The topological polar surface area (TPSA) is 56.1 Å². The molecule has 0 saturated carbocycles. The van der Waals surface area contributed by atoms with Gasteiger partial charge in [0.25, 0.3) is 5.91 Å². The van der Waals surface area contributed by atoms with Crippen molar-refractivity contribution in [1.29, 1.82) is 0 Å². The van der Waals surface area contributed by atoms with Crippen LogP contribution in [0, 0.1) is 0 Å². The van der Waals surface area contributed by atoms with Crippen LogP contribution in [0.25, 0.3) is 5.65 Å². The van der Waals surface area contributed by atoms with E-state index in [1.807, 2.05) is 47.9 Å². The molecular weight excluding hydrogens is 318 g/mol. The fourth-order valence-corrected chi connectivity index (χ4v) is 2.64. The van der Waals surface area contributed by atoms with Crippen LogP contribution in [-0.2, 0) is 11.3 Å². The van der Waals surface area contributed by atoms with Gasteiger partial charge in [0.1, 0.15) is 5.65 Å². The van der Waals surface area contributed by atoms with Crippen LogP contribution in [0.4, 0.5) is 0 Å². The lowest BCUT2D eigenvalue weighted by Crippen LogP contribution is -2.34. The second kappa shape index (κ2) is 7.70. The van der Waals surface area contributed by atoms with Gasteiger partial charge in [0.05, 0.1) is 25.5 Å². The SMILES string of the molecule is CCN(Cc1cnc2ccccn12)C(=O)COc1ccccc1OC. The minimum absolute atomic E-state index is 0.0368. The maximum atomic E-state index is 12.5. The molecule has 0 bridgehead atoms. The van der Waals surface area contributed by atoms with Gasteiger partial charge in [-0.05, 0) is 31.2 Å². The van der Waals surface area contributed by atoms with Gasteiger partial charge in [0, 0.05) is 12.7 Å². The van der Waals surface area contributed by atoms with Gasteiger partial charge in [-0.1, -0.05) is 18.2 Å². The number of nitrogens with zero attached hydrogens (tertiary/aromatic N) is 3. The van der Waals surface area contributed by atoms with Gasteiger partial charge in [-0.2, -0.15) is 0 Å². The summed E-state index contributed by atoms with van der Waals surface area (Å²) in [5.74, 6) is 1.09. The third-order valence-corrected chi connectivity index (χ3v) is 4.00. The standard InChI is InChI=1S/C19H21N3O3/c1-3-21(13-15-12-20-18-10-6-7-11-22(15)18)19(23)14-25-17-9-5-4-8-16(17)24-2/h4-12H,3,13-14H2,1-2H3. The molecule has 25 heavy (non-hydrogen) atoms. The number of rotatable bonds is 7. The molecule has 0 unspecified atom stereocenters. The number of carbonyl (C=O) groups is 1. The van der Waals surface area contributed by atoms with Crippen molar-refractivity contribution >= 4 is 11.6 Å². The monoisotopic (exact) mass is 339 g/mol. The number of hydrogen-bond donors (Lipinski definition) is 0. The molecular formula is C19H21N3O3. The lowest BCUT2D eigenvalue weighted by molar-refractivity contribution is -0.133. The molecule has 0 spiro atoms. The number of imidazole rings is 1. The van der Waals surface area contributed by atoms with E-state index in [0.29, 0.717) is 24.6 Å². The third kappa shape index (κ3) is 3.74. The van der Waals surface area contributed by atoms with Crippen LogP contribution in [-0.4, -0.2) is 40.5 Å². The molecule has 1 amide bonds. The molecule has 0 aliphatic rings. The highest BCUT2D eigenvalue weighted by Gasteiger charge is 2.16. The molecule has 1 aromatic carbocycles. The zero-order valence-electron chi connectivity index (χ0n) is 14.4. The van der Waals surface area contributed by atoms with E-state index in [0.717, 1.165) is 11.3 Å². The molecule has 0 saturated heterocycles. The number of amides is 1. The molecule has 6 heteroatoms. The van der Waals surface area contributed by atoms with E-state index < -0.39 is 0 Å². The van der Waals surface area contributed by atoms with Crippen LogP contribution >= 0.6 is 0 Å². The number of hydrogen-bond acceptors (Lipinski definition) is 4. The first-order valence-electron chi connectivity index (χ1n) is 8.17. The predicted molar refractivity (Wildman–Crippen MR) is 94.8 cm³/mol. The van der Waals surface area contributed by atoms with Gasteiger partial charge >= 0.3 is 0 Å². The number of pyridine rings is 1. The number of aromatic nitrogens is 2. The molecule has 130 valence electrons. The van der Waals surface area contributed by atoms with E-state index in [-0.39, 0.29) is 12.5 Å². The maximum Gasteiger partial charge on any atom is 0.260 e. The van der Waals surface area contributed by atoms with Gasteiger partial charge in [-0.15, -0.1) is 0 Å². The van der Waals surface area contributed by atoms with E-state index in [2.05, 4.69) is 4.98 Å². The smallest absolute Gasteiger partial charge is 0.260 e. The van der Waals surface area contributed by atoms with Crippen molar-refractivity contribution in [2.45, 2.75) is 13.5 Å². The van der Waals surface area contributed by atoms with Crippen LogP contribution in [0.5, 0.6) is 11.5 Å². The van der Waals surface area contributed by atoms with Crippen LogP contribution in [0.1, 0.15) is 12.6 Å². The zero-order valence-corrected chi connectivity index (χ0v) is 14.4. The van der Waals surface area contributed by atoms with Crippen molar-refractivity contribution in [3.8, 4) is 11.5 Å². The second-order valence-corrected chi connectivity index (χ2v) is 5.53. The van der Waals surface area contributed by atoms with E-state index in [1.165, 1.54) is 0 Å². The normalized spacial score (nSPS) is 10.6. The summed E-state index contributed by atoms with van der Waals surface area (Å²) in [4.78, 5) is 18.6. The van der Waals surface area contributed by atoms with E-state index in [1.54, 1.807) is 30.3 Å². The van der Waals surface area contributed by atoms with Crippen molar-refractivity contribution in [1.82, 2.24) is 14.3 Å². The number of methoxy groups -OCH3 is 1. The molecule has 0 aliphatic carbocycles. The Balaban J connectivity index is 1.67. The molecule has 0 N–H and O–H groups in total. The molecule has 6 nitrogen and oxygen atoms in total. The highest BCUT2D eigenvalue weighted by molar-refractivity contribution is 5.77. The molecule has 0 atom stereocenters. The summed E-state index contributed by atoms with van der Waals surface area (Å²) in [7, 11) is 1.58. The van der Waals surface area contributed by atoms with Gasteiger partial charge in [-0.3, -0.25) is 4.79 Å². The molecule has 2 heterocycles. The van der Waals surface area contributed by atoms with Crippen LogP contribution in [0.15, 0.2) is 54.9 Å². The summed E-state index contributed by atoms with van der Waals surface area (Å²) < 4.78 is 12.9. The number of benzene rings is 1. The largest absolute Gasteiger partial charge is 0.493 e. The molecule has 0 fully saturated rings. The first-order valence-corrected chi connectivity index (χ1v) is 8.17. The third-order valence-electron chi connectivity index (χ3n) is 4.00. The summed E-state index contributed by atoms with van der Waals surface area (Å²) in [6.07, 6.45) is 3.74. The fourth-order valence-electron chi connectivity index (χ4n) is 2.64. The van der Waals surface area contributed by atoms with Gasteiger partial charge in [-0.25, -0.2) is 4.98 Å². The maximum absolute atomic E-state index is 12.5. The van der Waals surface area contributed by atoms with Crippen molar-refractivity contribution in [3.05, 3.63) is 60.6 Å². The van der Waals surface area contributed by atoms with Crippen molar-refractivity contribution in [3.63, 3.8) is 0 Å². The minimum Gasteiger partial charge on any atom is -0.493 e. The summed E-state index contributed by atoms with van der Waals surface area (Å²) in [6, 6.07) is 13.1. The van der Waals surface area contributed by atoms with Crippen molar-refractivity contribution < 1.29 is 14.3 Å². The second-order valence-electron chi connectivity index (χ2n) is 5.53.